The summed E-state index contributed by atoms with van der Waals surface area (Å²) in [5.41, 5.74) is -1.32. The van der Waals surface area contributed by atoms with Crippen LogP contribution in [0.5, 0.6) is 0 Å². The lowest BCUT2D eigenvalue weighted by molar-refractivity contribution is -0.137. The van der Waals surface area contributed by atoms with Crippen molar-refractivity contribution < 1.29 is 26.0 Å². The Kier molecular flexibility index (Phi) is 5.52. The smallest absolute Gasteiger partial charge is 0.416 e. The molecule has 0 aliphatic carbocycles. The molecule has 0 unspecified atom stereocenters. The van der Waals surface area contributed by atoms with Crippen molar-refractivity contribution in [2.45, 2.75) is 24.9 Å². The van der Waals surface area contributed by atoms with Gasteiger partial charge in [-0.15, -0.1) is 0 Å². The Bertz CT molecular complexity index is 1530. The molecule has 11 heteroatoms. The van der Waals surface area contributed by atoms with Crippen molar-refractivity contribution in [3.63, 3.8) is 0 Å². The second kappa shape index (κ2) is 8.07. The van der Waals surface area contributed by atoms with E-state index in [9.17, 15) is 26.4 Å². The van der Waals surface area contributed by atoms with E-state index in [2.05, 4.69) is 15.0 Å². The summed E-state index contributed by atoms with van der Waals surface area (Å²) >= 11 is 0. The molecule has 0 saturated heterocycles. The second-order valence-electron chi connectivity index (χ2n) is 7.18. The van der Waals surface area contributed by atoms with Gasteiger partial charge in [-0.3, -0.25) is 9.78 Å². The van der Waals surface area contributed by atoms with Gasteiger partial charge in [0.15, 0.2) is 9.84 Å². The number of fused-ring (bicyclic) bond motifs is 1. The number of hydrogen-bond donors (Lipinski definition) is 0. The first kappa shape index (κ1) is 22.6. The van der Waals surface area contributed by atoms with Crippen LogP contribution in [-0.4, -0.2) is 29.1 Å². The Morgan fingerprint density at radius 1 is 1.00 bits per heavy atom. The third kappa shape index (κ3) is 4.23. The Balaban J connectivity index is 1.93. The van der Waals surface area contributed by atoms with Crippen LogP contribution in [0.4, 0.5) is 13.2 Å². The van der Waals surface area contributed by atoms with Crippen molar-refractivity contribution in [2.24, 2.45) is 0 Å². The molecule has 0 bridgehead atoms. The molecule has 33 heavy (non-hydrogen) atoms. The Morgan fingerprint density at radius 2 is 1.67 bits per heavy atom. The van der Waals surface area contributed by atoms with Gasteiger partial charge in [0.1, 0.15) is 17.7 Å². The molecule has 0 amide bonds. The van der Waals surface area contributed by atoms with Crippen LogP contribution in [-0.2, 0) is 16.0 Å². The fraction of sp³-hybridized carbons (Fsp3) is 0.182. The standard InChI is InChI=1S/C22H16F3N3O4S/c1-3-33(30,31)19-6-13(14-9-26-12(2)27-10-14)8-28-20(19)17-11-32-18-7-15(22(23,24)25)4-5-16(18)21(17)29/h4-11H,3H2,1-2H3. The zero-order valence-corrected chi connectivity index (χ0v) is 18.2. The Morgan fingerprint density at radius 3 is 2.30 bits per heavy atom. The van der Waals surface area contributed by atoms with Crippen LogP contribution in [0.15, 0.2) is 63.2 Å². The van der Waals surface area contributed by atoms with Gasteiger partial charge in [0.2, 0.25) is 5.43 Å². The van der Waals surface area contributed by atoms with E-state index < -0.39 is 27.0 Å². The normalized spacial score (nSPS) is 12.3. The molecule has 3 heterocycles. The molecule has 0 atom stereocenters. The molecular weight excluding hydrogens is 459 g/mol. The summed E-state index contributed by atoms with van der Waals surface area (Å²) in [6.45, 7) is 3.15. The predicted octanol–water partition coefficient (Wildman–Crippen LogP) is 4.43. The number of aryl methyl sites for hydroxylation is 1. The molecule has 0 saturated carbocycles. The summed E-state index contributed by atoms with van der Waals surface area (Å²) in [5.74, 6) is 0.274. The number of halogens is 3. The molecule has 0 radical (unpaired) electrons. The van der Waals surface area contributed by atoms with Gasteiger partial charge in [0.05, 0.1) is 32.9 Å². The number of sulfone groups is 1. The van der Waals surface area contributed by atoms with Crippen LogP contribution < -0.4 is 5.43 Å². The minimum atomic E-state index is -4.61. The maximum atomic E-state index is 13.1. The van der Waals surface area contributed by atoms with Gasteiger partial charge in [0.25, 0.3) is 0 Å². The highest BCUT2D eigenvalue weighted by atomic mass is 32.2. The summed E-state index contributed by atoms with van der Waals surface area (Å²) in [6.07, 6.45) is 0.726. The number of aromatic nitrogens is 3. The molecule has 0 aliphatic rings. The van der Waals surface area contributed by atoms with Crippen molar-refractivity contribution in [2.75, 3.05) is 5.75 Å². The first-order valence-electron chi connectivity index (χ1n) is 9.66. The number of benzene rings is 1. The van der Waals surface area contributed by atoms with Crippen molar-refractivity contribution in [1.29, 1.82) is 0 Å². The molecule has 3 aromatic heterocycles. The van der Waals surface area contributed by atoms with Gasteiger partial charge in [0, 0.05) is 29.7 Å². The van der Waals surface area contributed by atoms with E-state index in [4.69, 9.17) is 4.42 Å². The average Bonchev–Trinajstić information content (AvgIpc) is 2.79. The molecule has 0 aliphatic heterocycles. The SMILES string of the molecule is CCS(=O)(=O)c1cc(-c2cnc(C)nc2)cnc1-c1coc2cc(C(F)(F)F)ccc2c1=O. The summed E-state index contributed by atoms with van der Waals surface area (Å²) in [5, 5.41) is -0.127. The van der Waals surface area contributed by atoms with E-state index in [1.54, 1.807) is 6.92 Å². The minimum Gasteiger partial charge on any atom is -0.463 e. The molecule has 170 valence electrons. The molecule has 0 spiro atoms. The lowest BCUT2D eigenvalue weighted by Crippen LogP contribution is -2.12. The zero-order valence-electron chi connectivity index (χ0n) is 17.3. The van der Waals surface area contributed by atoms with Gasteiger partial charge in [-0.25, -0.2) is 18.4 Å². The van der Waals surface area contributed by atoms with Crippen LogP contribution >= 0.6 is 0 Å². The fourth-order valence-corrected chi connectivity index (χ4v) is 4.28. The molecule has 7 nitrogen and oxygen atoms in total. The number of hydrogen-bond acceptors (Lipinski definition) is 7. The fourth-order valence-electron chi connectivity index (χ4n) is 3.21. The number of pyridine rings is 1. The Labute approximate surface area is 185 Å². The maximum Gasteiger partial charge on any atom is 0.416 e. The van der Waals surface area contributed by atoms with Crippen LogP contribution in [0.2, 0.25) is 0 Å². The molecular formula is C22H16F3N3O4S. The van der Waals surface area contributed by atoms with E-state index >= 15 is 0 Å². The summed E-state index contributed by atoms with van der Waals surface area (Å²) in [7, 11) is -3.84. The van der Waals surface area contributed by atoms with E-state index in [0.29, 0.717) is 17.0 Å². The second-order valence-corrected chi connectivity index (χ2v) is 9.43. The highest BCUT2D eigenvalue weighted by molar-refractivity contribution is 7.91. The van der Waals surface area contributed by atoms with Crippen LogP contribution in [0.1, 0.15) is 18.3 Å². The van der Waals surface area contributed by atoms with E-state index in [-0.39, 0.29) is 32.9 Å². The van der Waals surface area contributed by atoms with Crippen LogP contribution in [0.3, 0.4) is 0 Å². The van der Waals surface area contributed by atoms with E-state index in [1.807, 2.05) is 0 Å². The number of nitrogens with zero attached hydrogens (tertiary/aromatic N) is 3. The van der Waals surface area contributed by atoms with Crippen molar-refractivity contribution in [3.8, 4) is 22.4 Å². The lowest BCUT2D eigenvalue weighted by atomic mass is 10.1. The van der Waals surface area contributed by atoms with Crippen molar-refractivity contribution >= 4 is 20.8 Å². The average molecular weight is 475 g/mol. The summed E-state index contributed by atoms with van der Waals surface area (Å²) in [6, 6.07) is 3.85. The molecule has 4 rings (SSSR count). The third-order valence-electron chi connectivity index (χ3n) is 5.04. The molecule has 1 aromatic carbocycles. The topological polar surface area (TPSA) is 103 Å². The van der Waals surface area contributed by atoms with Gasteiger partial charge >= 0.3 is 6.18 Å². The minimum absolute atomic E-state index is 0.127. The maximum absolute atomic E-state index is 13.1. The van der Waals surface area contributed by atoms with Crippen LogP contribution in [0.25, 0.3) is 33.4 Å². The van der Waals surface area contributed by atoms with E-state index in [0.717, 1.165) is 24.5 Å². The molecule has 0 N–H and O–H groups in total. The van der Waals surface area contributed by atoms with Gasteiger partial charge in [-0.2, -0.15) is 13.2 Å². The monoisotopic (exact) mass is 475 g/mol. The Hall–Kier alpha value is -3.60. The lowest BCUT2D eigenvalue weighted by Gasteiger charge is -2.12. The van der Waals surface area contributed by atoms with Gasteiger partial charge in [-0.1, -0.05) is 6.92 Å². The quantitative estimate of drug-likeness (QED) is 0.430. The van der Waals surface area contributed by atoms with Gasteiger partial charge in [-0.05, 0) is 31.2 Å². The van der Waals surface area contributed by atoms with Crippen molar-refractivity contribution in [3.05, 3.63) is 70.7 Å². The predicted molar refractivity (Wildman–Crippen MR) is 114 cm³/mol. The third-order valence-corrected chi connectivity index (χ3v) is 6.78. The number of alkyl halides is 3. The summed E-state index contributed by atoms with van der Waals surface area (Å²) in [4.78, 5) is 25.2. The molecule has 0 fully saturated rings. The zero-order chi connectivity index (χ0) is 24.0. The highest BCUT2D eigenvalue weighted by Gasteiger charge is 2.31. The highest BCUT2D eigenvalue weighted by Crippen LogP contribution is 2.33. The first-order valence-corrected chi connectivity index (χ1v) is 11.3. The largest absolute Gasteiger partial charge is 0.463 e. The van der Waals surface area contributed by atoms with Crippen molar-refractivity contribution in [1.82, 2.24) is 15.0 Å². The van der Waals surface area contributed by atoms with Gasteiger partial charge < -0.3 is 4.42 Å². The first-order chi connectivity index (χ1) is 15.5. The number of rotatable bonds is 4. The summed E-state index contributed by atoms with van der Waals surface area (Å²) < 4.78 is 69.9. The molecule has 4 aromatic rings. The van der Waals surface area contributed by atoms with E-state index in [1.165, 1.54) is 31.6 Å². The van der Waals surface area contributed by atoms with Crippen LogP contribution in [0, 0.1) is 6.92 Å².